The number of alkyl carbamates (subject to hydrolysis) is 1. The van der Waals surface area contributed by atoms with Gasteiger partial charge in [0.15, 0.2) is 5.96 Å². The van der Waals surface area contributed by atoms with Crippen LogP contribution >= 0.6 is 11.3 Å². The lowest BCUT2D eigenvalue weighted by Gasteiger charge is -2.22. The summed E-state index contributed by atoms with van der Waals surface area (Å²) in [4.78, 5) is 19.2. The van der Waals surface area contributed by atoms with E-state index in [-0.39, 0.29) is 0 Å². The summed E-state index contributed by atoms with van der Waals surface area (Å²) >= 11 is 1.76. The molecule has 0 aliphatic rings. The molecule has 0 aliphatic carbocycles. The summed E-state index contributed by atoms with van der Waals surface area (Å²) in [6.45, 7) is 7.49. The lowest BCUT2D eigenvalue weighted by atomic mass is 10.2. The number of thiophene rings is 1. The molecule has 1 rings (SSSR count). The predicted molar refractivity (Wildman–Crippen MR) is 96.3 cm³/mol. The Hall–Kier alpha value is -1.76. The van der Waals surface area contributed by atoms with Crippen molar-refractivity contribution in [1.82, 2.24) is 15.5 Å². The maximum Gasteiger partial charge on any atom is 0.407 e. The molecule has 0 radical (unpaired) electrons. The first-order valence-electron chi connectivity index (χ1n) is 7.73. The van der Waals surface area contributed by atoms with Crippen LogP contribution in [0.4, 0.5) is 4.79 Å². The lowest BCUT2D eigenvalue weighted by Crippen LogP contribution is -2.43. The topological polar surface area (TPSA) is 66.0 Å². The summed E-state index contributed by atoms with van der Waals surface area (Å²) in [6.07, 6.45) is 0.589. The Bertz CT molecular complexity index is 495. The zero-order valence-electron chi connectivity index (χ0n) is 14.7. The molecule has 1 aromatic rings. The Morgan fingerprint density at radius 3 is 2.61 bits per heavy atom. The third-order valence-corrected chi connectivity index (χ3v) is 3.86. The van der Waals surface area contributed by atoms with E-state index in [1.165, 1.54) is 4.88 Å². The quantitative estimate of drug-likeness (QED) is 0.474. The van der Waals surface area contributed by atoms with Gasteiger partial charge in [0.25, 0.3) is 0 Å². The van der Waals surface area contributed by atoms with Crippen LogP contribution in [-0.2, 0) is 11.2 Å². The molecule has 0 saturated heterocycles. The average Bonchev–Trinajstić information content (AvgIpc) is 2.96. The lowest BCUT2D eigenvalue weighted by molar-refractivity contribution is 0.0529. The number of nitrogens with zero attached hydrogens (tertiary/aromatic N) is 2. The minimum Gasteiger partial charge on any atom is -0.444 e. The van der Waals surface area contributed by atoms with Crippen LogP contribution in [0.1, 0.15) is 25.6 Å². The molecule has 23 heavy (non-hydrogen) atoms. The van der Waals surface area contributed by atoms with Gasteiger partial charge in [-0.15, -0.1) is 11.3 Å². The number of likely N-dealkylation sites (N-methyl/N-ethyl adjacent to an activating group) is 1. The third kappa shape index (κ3) is 8.44. The van der Waals surface area contributed by atoms with E-state index in [0.717, 1.165) is 18.9 Å². The van der Waals surface area contributed by atoms with Gasteiger partial charge >= 0.3 is 6.09 Å². The van der Waals surface area contributed by atoms with Gasteiger partial charge in [-0.05, 0) is 38.6 Å². The first-order valence-corrected chi connectivity index (χ1v) is 8.61. The minimum absolute atomic E-state index is 0.402. The molecule has 0 aromatic carbocycles. The van der Waals surface area contributed by atoms with Gasteiger partial charge in [0.1, 0.15) is 5.60 Å². The van der Waals surface area contributed by atoms with Gasteiger partial charge in [0, 0.05) is 38.6 Å². The van der Waals surface area contributed by atoms with E-state index in [1.54, 1.807) is 18.4 Å². The molecular weight excluding hydrogens is 312 g/mol. The van der Waals surface area contributed by atoms with Gasteiger partial charge in [0.2, 0.25) is 0 Å². The summed E-state index contributed by atoms with van der Waals surface area (Å²) in [5.74, 6) is 0.813. The Kier molecular flexibility index (Phi) is 7.88. The van der Waals surface area contributed by atoms with E-state index in [1.807, 2.05) is 27.8 Å². The van der Waals surface area contributed by atoms with E-state index in [9.17, 15) is 4.79 Å². The minimum atomic E-state index is -0.477. The van der Waals surface area contributed by atoms with Gasteiger partial charge < -0.3 is 20.3 Å². The van der Waals surface area contributed by atoms with E-state index in [0.29, 0.717) is 13.1 Å². The van der Waals surface area contributed by atoms with Gasteiger partial charge in [-0.1, -0.05) is 6.07 Å². The Morgan fingerprint density at radius 1 is 1.35 bits per heavy atom. The van der Waals surface area contributed by atoms with Crippen LogP contribution in [0.5, 0.6) is 0 Å². The zero-order valence-corrected chi connectivity index (χ0v) is 15.5. The second kappa shape index (κ2) is 9.39. The maximum absolute atomic E-state index is 11.5. The van der Waals surface area contributed by atoms with E-state index in [4.69, 9.17) is 4.74 Å². The molecule has 0 atom stereocenters. The number of aliphatic imine (C=N–C) groups is 1. The van der Waals surface area contributed by atoms with E-state index >= 15 is 0 Å². The number of carbonyl (C=O) groups excluding carboxylic acids is 1. The summed E-state index contributed by atoms with van der Waals surface area (Å²) < 4.78 is 5.18. The highest BCUT2D eigenvalue weighted by atomic mass is 32.1. The fourth-order valence-electron chi connectivity index (χ4n) is 1.88. The Labute approximate surface area is 142 Å². The first-order chi connectivity index (χ1) is 10.8. The standard InChI is InChI=1S/C16H28N4O2S/c1-16(2,3)22-15(21)19-10-9-18-14(17-4)20(5)11-8-13-7-6-12-23-13/h6-7,12H,8-11H2,1-5H3,(H,17,18)(H,19,21). The number of rotatable bonds is 6. The van der Waals surface area contributed by atoms with E-state index in [2.05, 4.69) is 38.0 Å². The van der Waals surface area contributed by atoms with Gasteiger partial charge in [-0.3, -0.25) is 4.99 Å². The Morgan fingerprint density at radius 2 is 2.04 bits per heavy atom. The molecule has 0 aliphatic heterocycles. The van der Waals surface area contributed by atoms with Crippen molar-refractivity contribution in [3.63, 3.8) is 0 Å². The Balaban J connectivity index is 2.24. The number of guanidine groups is 1. The fourth-order valence-corrected chi connectivity index (χ4v) is 2.57. The van der Waals surface area contributed by atoms with Gasteiger partial charge in [-0.2, -0.15) is 0 Å². The van der Waals surface area contributed by atoms with Gasteiger partial charge in [0.05, 0.1) is 0 Å². The van der Waals surface area contributed by atoms with Crippen molar-refractivity contribution in [2.75, 3.05) is 33.7 Å². The second-order valence-corrected chi connectivity index (χ2v) is 7.19. The van der Waals surface area contributed by atoms with Crippen molar-refractivity contribution in [3.05, 3.63) is 22.4 Å². The highest BCUT2D eigenvalue weighted by Gasteiger charge is 2.15. The summed E-state index contributed by atoms with van der Waals surface area (Å²) in [5, 5.41) is 8.03. The van der Waals surface area contributed by atoms with Crippen molar-refractivity contribution < 1.29 is 9.53 Å². The summed E-state index contributed by atoms with van der Waals surface area (Å²) in [7, 11) is 3.76. The number of ether oxygens (including phenoxy) is 1. The highest BCUT2D eigenvalue weighted by molar-refractivity contribution is 7.09. The molecule has 0 unspecified atom stereocenters. The molecule has 0 fully saturated rings. The van der Waals surface area contributed by atoms with Crippen molar-refractivity contribution in [2.24, 2.45) is 4.99 Å². The number of hydrogen-bond acceptors (Lipinski definition) is 4. The smallest absolute Gasteiger partial charge is 0.407 e. The summed E-state index contributed by atoms with van der Waals surface area (Å²) in [6, 6.07) is 4.20. The molecular formula is C16H28N4O2S. The van der Waals surface area contributed by atoms with E-state index < -0.39 is 11.7 Å². The van der Waals surface area contributed by atoms with Crippen LogP contribution < -0.4 is 10.6 Å². The number of hydrogen-bond donors (Lipinski definition) is 2. The second-order valence-electron chi connectivity index (χ2n) is 6.15. The SMILES string of the molecule is CN=C(NCCNC(=O)OC(C)(C)C)N(C)CCc1cccs1. The van der Waals surface area contributed by atoms with Crippen molar-refractivity contribution in [1.29, 1.82) is 0 Å². The fraction of sp³-hybridized carbons (Fsp3) is 0.625. The molecule has 1 aromatic heterocycles. The molecule has 1 amide bonds. The van der Waals surface area contributed by atoms with Crippen LogP contribution in [0.3, 0.4) is 0 Å². The van der Waals surface area contributed by atoms with Gasteiger partial charge in [-0.25, -0.2) is 4.79 Å². The van der Waals surface area contributed by atoms with Crippen molar-refractivity contribution >= 4 is 23.4 Å². The molecule has 7 heteroatoms. The molecule has 0 spiro atoms. The molecule has 2 N–H and O–H groups in total. The van der Waals surface area contributed by atoms with Crippen LogP contribution in [0.15, 0.2) is 22.5 Å². The molecule has 0 bridgehead atoms. The monoisotopic (exact) mass is 340 g/mol. The number of amides is 1. The van der Waals surface area contributed by atoms with Crippen LogP contribution in [0.2, 0.25) is 0 Å². The number of carbonyl (C=O) groups is 1. The largest absolute Gasteiger partial charge is 0.444 e. The maximum atomic E-state index is 11.5. The van der Waals surface area contributed by atoms with Crippen molar-refractivity contribution in [3.8, 4) is 0 Å². The molecule has 1 heterocycles. The van der Waals surface area contributed by atoms with Crippen LogP contribution in [0, 0.1) is 0 Å². The van der Waals surface area contributed by atoms with Crippen LogP contribution in [-0.4, -0.2) is 56.3 Å². The number of nitrogens with one attached hydrogen (secondary N) is 2. The predicted octanol–water partition coefficient (Wildman–Crippen LogP) is 2.32. The van der Waals surface area contributed by atoms with Crippen molar-refractivity contribution in [2.45, 2.75) is 32.8 Å². The normalized spacial score (nSPS) is 12.0. The third-order valence-electron chi connectivity index (χ3n) is 2.92. The zero-order chi connectivity index (χ0) is 17.3. The first kappa shape index (κ1) is 19.3. The highest BCUT2D eigenvalue weighted by Crippen LogP contribution is 2.09. The molecule has 6 nitrogen and oxygen atoms in total. The molecule has 130 valence electrons. The molecule has 0 saturated carbocycles. The average molecular weight is 340 g/mol. The summed E-state index contributed by atoms with van der Waals surface area (Å²) in [5.41, 5.74) is -0.477. The van der Waals surface area contributed by atoms with Crippen LogP contribution in [0.25, 0.3) is 0 Å².